The standard InChI is InChI=1S/C15H26BNO3/c1-5-12(3)10-17(6-2)11-13-9-14(20-4)7-8-15(13)16(18)19/h7-9,12,18-19H,5-6,10-11H2,1-4H3. The van der Waals surface area contributed by atoms with Gasteiger partial charge in [0.05, 0.1) is 7.11 Å². The maximum absolute atomic E-state index is 9.48. The summed E-state index contributed by atoms with van der Waals surface area (Å²) in [7, 11) is 0.170. The van der Waals surface area contributed by atoms with E-state index in [1.165, 1.54) is 0 Å². The number of benzene rings is 1. The minimum Gasteiger partial charge on any atom is -0.497 e. The van der Waals surface area contributed by atoms with Gasteiger partial charge in [0.2, 0.25) is 0 Å². The number of ether oxygens (including phenoxy) is 1. The third-order valence-corrected chi connectivity index (χ3v) is 3.74. The average Bonchev–Trinajstić information content (AvgIpc) is 2.45. The van der Waals surface area contributed by atoms with Crippen molar-refractivity contribution in [2.75, 3.05) is 20.2 Å². The van der Waals surface area contributed by atoms with Crippen molar-refractivity contribution in [2.24, 2.45) is 5.92 Å². The van der Waals surface area contributed by atoms with Crippen molar-refractivity contribution in [3.05, 3.63) is 23.8 Å². The van der Waals surface area contributed by atoms with E-state index in [9.17, 15) is 10.0 Å². The van der Waals surface area contributed by atoms with Crippen molar-refractivity contribution < 1.29 is 14.8 Å². The summed E-state index contributed by atoms with van der Waals surface area (Å²) in [6.07, 6.45) is 1.14. The van der Waals surface area contributed by atoms with E-state index in [4.69, 9.17) is 4.74 Å². The van der Waals surface area contributed by atoms with Crippen LogP contribution in [0.3, 0.4) is 0 Å². The fourth-order valence-corrected chi connectivity index (χ4v) is 2.21. The van der Waals surface area contributed by atoms with Crippen LogP contribution in [0.15, 0.2) is 18.2 Å². The minimum atomic E-state index is -1.45. The van der Waals surface area contributed by atoms with Crippen LogP contribution in [0, 0.1) is 5.92 Å². The zero-order valence-electron chi connectivity index (χ0n) is 13.0. The molecule has 5 heteroatoms. The lowest BCUT2D eigenvalue weighted by Gasteiger charge is -2.25. The van der Waals surface area contributed by atoms with Crippen molar-refractivity contribution in [2.45, 2.75) is 33.7 Å². The highest BCUT2D eigenvalue weighted by atomic mass is 16.5. The van der Waals surface area contributed by atoms with Gasteiger partial charge in [-0.2, -0.15) is 0 Å². The first-order chi connectivity index (χ1) is 9.51. The van der Waals surface area contributed by atoms with E-state index in [0.29, 0.717) is 17.9 Å². The number of hydrogen-bond donors (Lipinski definition) is 2. The van der Waals surface area contributed by atoms with Gasteiger partial charge < -0.3 is 14.8 Å². The van der Waals surface area contributed by atoms with Gasteiger partial charge in [0, 0.05) is 13.1 Å². The van der Waals surface area contributed by atoms with Crippen LogP contribution in [-0.2, 0) is 6.54 Å². The summed E-state index contributed by atoms with van der Waals surface area (Å²) in [5.41, 5.74) is 1.46. The fraction of sp³-hybridized carbons (Fsp3) is 0.600. The van der Waals surface area contributed by atoms with Crippen LogP contribution in [0.4, 0.5) is 0 Å². The lowest BCUT2D eigenvalue weighted by atomic mass is 9.77. The fourth-order valence-electron chi connectivity index (χ4n) is 2.21. The summed E-state index contributed by atoms with van der Waals surface area (Å²) in [6, 6.07) is 5.35. The Bertz CT molecular complexity index is 412. The van der Waals surface area contributed by atoms with Gasteiger partial charge in [0.1, 0.15) is 5.75 Å². The molecule has 1 unspecified atom stereocenters. The van der Waals surface area contributed by atoms with Crippen LogP contribution in [-0.4, -0.2) is 42.3 Å². The van der Waals surface area contributed by atoms with Gasteiger partial charge in [-0.3, -0.25) is 4.90 Å². The molecule has 0 radical (unpaired) electrons. The Morgan fingerprint density at radius 3 is 2.50 bits per heavy atom. The van der Waals surface area contributed by atoms with Crippen LogP contribution >= 0.6 is 0 Å². The Morgan fingerprint density at radius 1 is 1.30 bits per heavy atom. The SMILES string of the molecule is CCC(C)CN(CC)Cc1cc(OC)ccc1B(O)O. The highest BCUT2D eigenvalue weighted by molar-refractivity contribution is 6.59. The molecule has 4 nitrogen and oxygen atoms in total. The van der Waals surface area contributed by atoms with Crippen LogP contribution < -0.4 is 10.2 Å². The number of nitrogens with zero attached hydrogens (tertiary/aromatic N) is 1. The highest BCUT2D eigenvalue weighted by Crippen LogP contribution is 2.15. The minimum absolute atomic E-state index is 0.549. The Labute approximate surface area is 122 Å². The second-order valence-electron chi connectivity index (χ2n) is 5.28. The first-order valence-electron chi connectivity index (χ1n) is 7.27. The third kappa shape index (κ3) is 4.82. The number of rotatable bonds is 8. The van der Waals surface area contributed by atoms with Gasteiger partial charge >= 0.3 is 7.12 Å². The van der Waals surface area contributed by atoms with Gasteiger partial charge in [-0.25, -0.2) is 0 Å². The molecule has 1 aromatic rings. The lowest BCUT2D eigenvalue weighted by molar-refractivity contribution is 0.238. The van der Waals surface area contributed by atoms with E-state index >= 15 is 0 Å². The largest absolute Gasteiger partial charge is 0.497 e. The molecular weight excluding hydrogens is 253 g/mol. The molecule has 0 saturated heterocycles. The van der Waals surface area contributed by atoms with E-state index in [1.54, 1.807) is 19.2 Å². The molecule has 1 atom stereocenters. The van der Waals surface area contributed by atoms with Crippen molar-refractivity contribution in [3.63, 3.8) is 0 Å². The van der Waals surface area contributed by atoms with Crippen LogP contribution in [0.2, 0.25) is 0 Å². The van der Waals surface area contributed by atoms with Gasteiger partial charge in [-0.15, -0.1) is 0 Å². The van der Waals surface area contributed by atoms with E-state index in [2.05, 4.69) is 25.7 Å². The van der Waals surface area contributed by atoms with Gasteiger partial charge in [0.15, 0.2) is 0 Å². The predicted octanol–water partition coefficient (Wildman–Crippen LogP) is 1.24. The summed E-state index contributed by atoms with van der Waals surface area (Å²) >= 11 is 0. The molecule has 0 aromatic heterocycles. The van der Waals surface area contributed by atoms with Crippen molar-refractivity contribution >= 4 is 12.6 Å². The maximum Gasteiger partial charge on any atom is 0.488 e. The number of methoxy groups -OCH3 is 1. The van der Waals surface area contributed by atoms with E-state index in [1.807, 2.05) is 6.07 Å². The molecule has 1 rings (SSSR count). The molecular formula is C15H26BNO3. The lowest BCUT2D eigenvalue weighted by Crippen LogP contribution is -2.36. The van der Waals surface area contributed by atoms with Crippen LogP contribution in [0.5, 0.6) is 5.75 Å². The Kier molecular flexibility index (Phi) is 7.06. The summed E-state index contributed by atoms with van der Waals surface area (Å²) < 4.78 is 5.23. The topological polar surface area (TPSA) is 52.9 Å². The summed E-state index contributed by atoms with van der Waals surface area (Å²) in [6.45, 7) is 9.18. The average molecular weight is 279 g/mol. The van der Waals surface area contributed by atoms with Crippen molar-refractivity contribution in [3.8, 4) is 5.75 Å². The van der Waals surface area contributed by atoms with E-state index in [-0.39, 0.29) is 0 Å². The molecule has 0 heterocycles. The molecule has 112 valence electrons. The second kappa shape index (κ2) is 8.30. The Hall–Kier alpha value is -1.04. The molecule has 0 amide bonds. The normalized spacial score (nSPS) is 12.6. The highest BCUT2D eigenvalue weighted by Gasteiger charge is 2.18. The van der Waals surface area contributed by atoms with E-state index in [0.717, 1.165) is 30.8 Å². The van der Waals surface area contributed by atoms with Gasteiger partial charge in [-0.1, -0.05) is 33.3 Å². The molecule has 20 heavy (non-hydrogen) atoms. The molecule has 0 bridgehead atoms. The molecule has 0 aliphatic rings. The zero-order chi connectivity index (χ0) is 15.1. The van der Waals surface area contributed by atoms with Gasteiger partial charge in [-0.05, 0) is 35.6 Å². The Morgan fingerprint density at radius 2 is 2.00 bits per heavy atom. The molecule has 2 N–H and O–H groups in total. The molecule has 1 aromatic carbocycles. The molecule has 0 spiro atoms. The quantitative estimate of drug-likeness (QED) is 0.703. The predicted molar refractivity (Wildman–Crippen MR) is 83.2 cm³/mol. The summed E-state index contributed by atoms with van der Waals surface area (Å²) in [5.74, 6) is 1.37. The third-order valence-electron chi connectivity index (χ3n) is 3.74. The second-order valence-corrected chi connectivity index (χ2v) is 5.28. The maximum atomic E-state index is 9.48. The molecule has 0 aliphatic heterocycles. The molecule has 0 saturated carbocycles. The van der Waals surface area contributed by atoms with E-state index < -0.39 is 7.12 Å². The molecule has 0 fully saturated rings. The monoisotopic (exact) mass is 279 g/mol. The first-order valence-corrected chi connectivity index (χ1v) is 7.27. The van der Waals surface area contributed by atoms with Crippen LogP contribution in [0.1, 0.15) is 32.8 Å². The smallest absolute Gasteiger partial charge is 0.488 e. The van der Waals surface area contributed by atoms with Crippen LogP contribution in [0.25, 0.3) is 0 Å². The summed E-state index contributed by atoms with van der Waals surface area (Å²) in [4.78, 5) is 2.31. The zero-order valence-corrected chi connectivity index (χ0v) is 13.0. The summed E-state index contributed by atoms with van der Waals surface area (Å²) in [5, 5.41) is 19.0. The first kappa shape index (κ1) is 17.0. The Balaban J connectivity index is 2.92. The van der Waals surface area contributed by atoms with Crippen molar-refractivity contribution in [1.82, 2.24) is 4.90 Å². The van der Waals surface area contributed by atoms with Gasteiger partial charge in [0.25, 0.3) is 0 Å². The van der Waals surface area contributed by atoms with Crippen molar-refractivity contribution in [1.29, 1.82) is 0 Å². The molecule has 0 aliphatic carbocycles. The number of hydrogen-bond acceptors (Lipinski definition) is 4.